The highest BCUT2D eigenvalue weighted by Crippen LogP contribution is 2.31. The molecule has 2 rings (SSSR count). The van der Waals surface area contributed by atoms with Crippen LogP contribution in [-0.4, -0.2) is 49.6 Å². The molecule has 0 spiro atoms. The maximum Gasteiger partial charge on any atom is 0.306 e. The van der Waals surface area contributed by atoms with E-state index in [9.17, 15) is 9.59 Å². The van der Waals surface area contributed by atoms with E-state index < -0.39 is 12.2 Å². The molecule has 2 saturated heterocycles. The average Bonchev–Trinajstić information content (AvgIpc) is 3.25. The van der Waals surface area contributed by atoms with E-state index in [-0.39, 0.29) is 24.1 Å². The molecule has 0 aromatic carbocycles. The van der Waals surface area contributed by atoms with E-state index in [4.69, 9.17) is 18.9 Å². The average molecular weight is 399 g/mol. The van der Waals surface area contributed by atoms with E-state index in [1.165, 1.54) is 25.7 Å². The first-order chi connectivity index (χ1) is 13.7. The number of carbonyl (C=O) groups is 2. The van der Waals surface area contributed by atoms with Crippen LogP contribution in [0.1, 0.15) is 90.9 Å². The van der Waals surface area contributed by atoms with Crippen LogP contribution in [0.4, 0.5) is 0 Å². The van der Waals surface area contributed by atoms with Gasteiger partial charge in [0.25, 0.3) is 0 Å². The molecule has 0 amide bonds. The van der Waals surface area contributed by atoms with Gasteiger partial charge in [-0.1, -0.05) is 65.2 Å². The molecule has 0 saturated carbocycles. The van der Waals surface area contributed by atoms with Crippen LogP contribution < -0.4 is 0 Å². The quantitative estimate of drug-likeness (QED) is 0.320. The Morgan fingerprint density at radius 3 is 1.46 bits per heavy atom. The van der Waals surface area contributed by atoms with Crippen molar-refractivity contribution >= 4 is 11.9 Å². The summed E-state index contributed by atoms with van der Waals surface area (Å²) < 4.78 is 22.6. The van der Waals surface area contributed by atoms with Gasteiger partial charge in [-0.25, -0.2) is 0 Å². The van der Waals surface area contributed by atoms with Gasteiger partial charge in [-0.2, -0.15) is 0 Å². The van der Waals surface area contributed by atoms with Crippen molar-refractivity contribution in [3.8, 4) is 0 Å². The topological polar surface area (TPSA) is 71.1 Å². The fourth-order valence-corrected chi connectivity index (χ4v) is 3.83. The second-order valence-electron chi connectivity index (χ2n) is 7.98. The van der Waals surface area contributed by atoms with E-state index in [1.54, 1.807) is 0 Å². The Labute approximate surface area is 169 Å². The molecule has 0 N–H and O–H groups in total. The van der Waals surface area contributed by atoms with Gasteiger partial charge in [0.1, 0.15) is 12.2 Å². The summed E-state index contributed by atoms with van der Waals surface area (Å²) in [6.45, 7) is 4.96. The van der Waals surface area contributed by atoms with Gasteiger partial charge in [0, 0.05) is 12.8 Å². The number of hydrogen-bond acceptors (Lipinski definition) is 6. The molecule has 0 aliphatic carbocycles. The SMILES string of the molecule is CCCCCCCC(=O)O[C@H]1COC2C1OC[C@@H]2OC(=O)CCCCCCC. The first-order valence-electron chi connectivity index (χ1n) is 11.3. The van der Waals surface area contributed by atoms with Crippen molar-refractivity contribution in [3.63, 3.8) is 0 Å². The molecule has 2 aliphatic heterocycles. The summed E-state index contributed by atoms with van der Waals surface area (Å²) in [5.41, 5.74) is 0. The zero-order valence-corrected chi connectivity index (χ0v) is 17.7. The molecule has 28 heavy (non-hydrogen) atoms. The Morgan fingerprint density at radius 1 is 0.679 bits per heavy atom. The monoisotopic (exact) mass is 398 g/mol. The van der Waals surface area contributed by atoms with Gasteiger partial charge < -0.3 is 18.9 Å². The predicted molar refractivity (Wildman–Crippen MR) is 106 cm³/mol. The summed E-state index contributed by atoms with van der Waals surface area (Å²) in [6.07, 6.45) is 10.4. The lowest BCUT2D eigenvalue weighted by Gasteiger charge is -2.17. The zero-order chi connectivity index (χ0) is 20.2. The van der Waals surface area contributed by atoms with Crippen molar-refractivity contribution in [1.82, 2.24) is 0 Å². The third-order valence-corrected chi connectivity index (χ3v) is 5.50. The third kappa shape index (κ3) is 7.70. The number of carbonyl (C=O) groups excluding carboxylic acids is 2. The van der Waals surface area contributed by atoms with Crippen LogP contribution in [0.5, 0.6) is 0 Å². The van der Waals surface area contributed by atoms with Gasteiger partial charge >= 0.3 is 11.9 Å². The lowest BCUT2D eigenvalue weighted by molar-refractivity contribution is -0.155. The van der Waals surface area contributed by atoms with Crippen LogP contribution >= 0.6 is 0 Å². The molecule has 2 heterocycles. The Hall–Kier alpha value is -1.14. The maximum absolute atomic E-state index is 12.1. The molecule has 2 fully saturated rings. The fourth-order valence-electron chi connectivity index (χ4n) is 3.83. The van der Waals surface area contributed by atoms with Crippen LogP contribution in [0.2, 0.25) is 0 Å². The standard InChI is InChI=1S/C22H38O6/c1-3-5-7-9-11-13-19(23)27-17-15-25-22-18(16-26-21(17)22)28-20(24)14-12-10-8-6-4-2/h17-18,21-22H,3-16H2,1-2H3/t17-,18-,21?,22?/m0/s1. The molecule has 0 bridgehead atoms. The highest BCUT2D eigenvalue weighted by Gasteiger charge is 2.51. The largest absolute Gasteiger partial charge is 0.457 e. The zero-order valence-electron chi connectivity index (χ0n) is 17.7. The Bertz CT molecular complexity index is 424. The number of hydrogen-bond donors (Lipinski definition) is 0. The Kier molecular flexibility index (Phi) is 10.9. The fraction of sp³-hybridized carbons (Fsp3) is 0.909. The molecular formula is C22H38O6. The van der Waals surface area contributed by atoms with E-state index in [0.717, 1.165) is 38.5 Å². The predicted octanol–water partition coefficient (Wildman–Crippen LogP) is 4.33. The normalized spacial score (nSPS) is 26.2. The lowest BCUT2D eigenvalue weighted by Crippen LogP contribution is -2.35. The van der Waals surface area contributed by atoms with Crippen molar-refractivity contribution in [2.45, 2.75) is 115 Å². The van der Waals surface area contributed by atoms with Gasteiger partial charge in [0.05, 0.1) is 13.2 Å². The highest BCUT2D eigenvalue weighted by atomic mass is 16.7. The van der Waals surface area contributed by atoms with E-state index in [1.807, 2.05) is 0 Å². The highest BCUT2D eigenvalue weighted by molar-refractivity contribution is 5.70. The van der Waals surface area contributed by atoms with Crippen molar-refractivity contribution < 1.29 is 28.5 Å². The molecule has 6 nitrogen and oxygen atoms in total. The first-order valence-corrected chi connectivity index (χ1v) is 11.3. The van der Waals surface area contributed by atoms with Gasteiger partial charge in [0.2, 0.25) is 0 Å². The summed E-state index contributed by atoms with van der Waals surface area (Å²) in [4.78, 5) is 24.1. The van der Waals surface area contributed by atoms with Crippen LogP contribution in [0.3, 0.4) is 0 Å². The number of ether oxygens (including phenoxy) is 4. The van der Waals surface area contributed by atoms with Crippen LogP contribution in [0, 0.1) is 0 Å². The minimum Gasteiger partial charge on any atom is -0.457 e. The van der Waals surface area contributed by atoms with Crippen molar-refractivity contribution in [3.05, 3.63) is 0 Å². The van der Waals surface area contributed by atoms with Crippen molar-refractivity contribution in [2.24, 2.45) is 0 Å². The first kappa shape index (κ1) is 23.1. The second-order valence-corrected chi connectivity index (χ2v) is 7.98. The number of fused-ring (bicyclic) bond motifs is 1. The van der Waals surface area contributed by atoms with Crippen molar-refractivity contribution in [1.29, 1.82) is 0 Å². The second kappa shape index (κ2) is 13.2. The van der Waals surface area contributed by atoms with Crippen LogP contribution in [-0.2, 0) is 28.5 Å². The third-order valence-electron chi connectivity index (χ3n) is 5.50. The minimum absolute atomic E-state index is 0.193. The molecule has 2 aliphatic rings. The van der Waals surface area contributed by atoms with Crippen LogP contribution in [0.25, 0.3) is 0 Å². The summed E-state index contributed by atoms with van der Waals surface area (Å²) >= 11 is 0. The van der Waals surface area contributed by atoms with Crippen molar-refractivity contribution in [2.75, 3.05) is 13.2 Å². The van der Waals surface area contributed by atoms with Gasteiger partial charge in [-0.3, -0.25) is 9.59 Å². The summed E-state index contributed by atoms with van der Waals surface area (Å²) in [6, 6.07) is 0. The molecule has 6 heteroatoms. The van der Waals surface area contributed by atoms with E-state index in [2.05, 4.69) is 13.8 Å². The van der Waals surface area contributed by atoms with Gasteiger partial charge in [0.15, 0.2) is 12.2 Å². The molecule has 0 aromatic heterocycles. The molecule has 162 valence electrons. The number of unbranched alkanes of at least 4 members (excludes halogenated alkanes) is 8. The molecule has 4 atom stereocenters. The summed E-state index contributed by atoms with van der Waals surface area (Å²) in [5, 5.41) is 0. The number of esters is 2. The van der Waals surface area contributed by atoms with E-state index >= 15 is 0 Å². The van der Waals surface area contributed by atoms with Gasteiger partial charge in [-0.15, -0.1) is 0 Å². The minimum atomic E-state index is -0.397. The van der Waals surface area contributed by atoms with Crippen LogP contribution in [0.15, 0.2) is 0 Å². The molecular weight excluding hydrogens is 360 g/mol. The maximum atomic E-state index is 12.1. The molecule has 0 aromatic rings. The van der Waals surface area contributed by atoms with E-state index in [0.29, 0.717) is 26.1 Å². The Balaban J connectivity index is 1.63. The Morgan fingerprint density at radius 2 is 1.07 bits per heavy atom. The lowest BCUT2D eigenvalue weighted by atomic mass is 10.1. The summed E-state index contributed by atoms with van der Waals surface area (Å²) in [5.74, 6) is -0.385. The smallest absolute Gasteiger partial charge is 0.306 e. The molecule has 0 radical (unpaired) electrons. The van der Waals surface area contributed by atoms with Gasteiger partial charge in [-0.05, 0) is 12.8 Å². The molecule has 2 unspecified atom stereocenters. The number of rotatable bonds is 14. The summed E-state index contributed by atoms with van der Waals surface area (Å²) in [7, 11) is 0.